The molecule has 0 aromatic rings. The third-order valence-corrected chi connectivity index (χ3v) is 2.46. The van der Waals surface area contributed by atoms with E-state index in [0.29, 0.717) is 25.9 Å². The quantitative estimate of drug-likeness (QED) is 0.551. The predicted octanol–water partition coefficient (Wildman–Crippen LogP) is 0.880. The number of ether oxygens (including phenoxy) is 2. The summed E-state index contributed by atoms with van der Waals surface area (Å²) in [5.41, 5.74) is 0. The Labute approximate surface area is 115 Å². The molecule has 2 N–H and O–H groups in total. The summed E-state index contributed by atoms with van der Waals surface area (Å²) in [6, 6.07) is 0.445. The zero-order chi connectivity index (χ0) is 14.7. The summed E-state index contributed by atoms with van der Waals surface area (Å²) in [7, 11) is 0. The van der Waals surface area contributed by atoms with Crippen molar-refractivity contribution in [2.75, 3.05) is 32.9 Å². The zero-order valence-electron chi connectivity index (χ0n) is 12.4. The fourth-order valence-electron chi connectivity index (χ4n) is 1.33. The van der Waals surface area contributed by atoms with Crippen LogP contribution in [0.1, 0.15) is 27.7 Å². The normalized spacial score (nSPS) is 14.4. The van der Waals surface area contributed by atoms with Crippen LogP contribution in [0.4, 0.5) is 4.39 Å². The van der Waals surface area contributed by atoms with Gasteiger partial charge in [-0.2, -0.15) is 0 Å². The third-order valence-electron chi connectivity index (χ3n) is 2.46. The van der Waals surface area contributed by atoms with E-state index in [1.165, 1.54) is 6.92 Å². The fourth-order valence-corrected chi connectivity index (χ4v) is 1.33. The van der Waals surface area contributed by atoms with Gasteiger partial charge in [-0.1, -0.05) is 13.8 Å². The Balaban J connectivity index is 3.42. The highest BCUT2D eigenvalue weighted by Crippen LogP contribution is 2.02. The lowest BCUT2D eigenvalue weighted by Gasteiger charge is -2.17. The topological polar surface area (TPSA) is 59.6 Å². The van der Waals surface area contributed by atoms with Crippen LogP contribution in [0.25, 0.3) is 0 Å². The molecule has 0 aliphatic heterocycles. The minimum Gasteiger partial charge on any atom is -0.378 e. The molecule has 0 aromatic carbocycles. The van der Waals surface area contributed by atoms with Gasteiger partial charge in [0.15, 0.2) is 0 Å². The van der Waals surface area contributed by atoms with Crippen LogP contribution in [-0.2, 0) is 14.3 Å². The van der Waals surface area contributed by atoms with Crippen molar-refractivity contribution in [2.24, 2.45) is 0 Å². The predicted molar refractivity (Wildman–Crippen MR) is 73.0 cm³/mol. The Hall–Kier alpha value is -0.720. The molecular weight excluding hydrogens is 251 g/mol. The first-order valence-corrected chi connectivity index (χ1v) is 6.74. The van der Waals surface area contributed by atoms with E-state index in [-0.39, 0.29) is 12.5 Å². The van der Waals surface area contributed by atoms with Crippen LogP contribution in [-0.4, -0.2) is 57.1 Å². The summed E-state index contributed by atoms with van der Waals surface area (Å²) in [5, 5.41) is 5.65. The summed E-state index contributed by atoms with van der Waals surface area (Å²) in [4.78, 5) is 10.6. The first kappa shape index (κ1) is 18.3. The minimum absolute atomic E-state index is 0.0182. The lowest BCUT2D eigenvalue weighted by molar-refractivity contribution is -0.119. The highest BCUT2D eigenvalue weighted by Gasteiger charge is 2.16. The van der Waals surface area contributed by atoms with E-state index in [2.05, 4.69) is 24.5 Å². The van der Waals surface area contributed by atoms with Gasteiger partial charge in [-0.3, -0.25) is 4.79 Å². The van der Waals surface area contributed by atoms with Gasteiger partial charge in [0, 0.05) is 19.5 Å². The van der Waals surface area contributed by atoms with E-state index < -0.39 is 12.3 Å². The summed E-state index contributed by atoms with van der Waals surface area (Å²) >= 11 is 0. The lowest BCUT2D eigenvalue weighted by atomic mass is 10.2. The van der Waals surface area contributed by atoms with Gasteiger partial charge in [0.05, 0.1) is 32.5 Å². The second-order valence-electron chi connectivity index (χ2n) is 4.75. The van der Waals surface area contributed by atoms with Gasteiger partial charge >= 0.3 is 0 Å². The maximum Gasteiger partial charge on any atom is 0.216 e. The van der Waals surface area contributed by atoms with Crippen molar-refractivity contribution < 1.29 is 18.7 Å². The molecule has 2 unspecified atom stereocenters. The standard InChI is InChI=1S/C13H27FN2O3/c1-10(2)15-5-6-18-7-8-19-11(3)13(14)9-16-12(4)17/h10-11,13,15H,5-9H2,1-4H3,(H,16,17). The fraction of sp³-hybridized carbons (Fsp3) is 0.923. The maximum atomic E-state index is 13.5. The second-order valence-corrected chi connectivity index (χ2v) is 4.75. The van der Waals surface area contributed by atoms with E-state index in [0.717, 1.165) is 6.54 Å². The van der Waals surface area contributed by atoms with Gasteiger partial charge in [0.1, 0.15) is 6.17 Å². The average Bonchev–Trinajstić information content (AvgIpc) is 2.33. The second kappa shape index (κ2) is 11.1. The van der Waals surface area contributed by atoms with Crippen LogP contribution in [0, 0.1) is 0 Å². The van der Waals surface area contributed by atoms with Crippen LogP contribution in [0.2, 0.25) is 0 Å². The first-order chi connectivity index (χ1) is 8.93. The monoisotopic (exact) mass is 278 g/mol. The molecule has 0 radical (unpaired) electrons. The number of nitrogens with one attached hydrogen (secondary N) is 2. The number of rotatable bonds is 11. The number of amides is 1. The molecule has 0 spiro atoms. The van der Waals surface area contributed by atoms with Crippen LogP contribution >= 0.6 is 0 Å². The zero-order valence-corrected chi connectivity index (χ0v) is 12.4. The molecule has 0 rings (SSSR count). The number of carbonyl (C=O) groups excluding carboxylic acids is 1. The van der Waals surface area contributed by atoms with Gasteiger partial charge in [-0.05, 0) is 6.92 Å². The van der Waals surface area contributed by atoms with Crippen molar-refractivity contribution in [3.8, 4) is 0 Å². The first-order valence-electron chi connectivity index (χ1n) is 6.74. The van der Waals surface area contributed by atoms with Gasteiger partial charge < -0.3 is 20.1 Å². The summed E-state index contributed by atoms with van der Waals surface area (Å²) in [6.07, 6.45) is -1.75. The number of carbonyl (C=O) groups is 1. The van der Waals surface area contributed by atoms with Crippen LogP contribution in [0.5, 0.6) is 0 Å². The molecule has 2 atom stereocenters. The SMILES string of the molecule is CC(=O)NCC(F)C(C)OCCOCCNC(C)C. The number of halogens is 1. The Bertz CT molecular complexity index is 240. The minimum atomic E-state index is -1.20. The van der Waals surface area contributed by atoms with E-state index in [4.69, 9.17) is 9.47 Å². The number of alkyl halides is 1. The molecule has 0 saturated heterocycles. The molecule has 0 aliphatic carbocycles. The molecule has 0 saturated carbocycles. The van der Waals surface area contributed by atoms with Crippen molar-refractivity contribution in [1.82, 2.24) is 10.6 Å². The Morgan fingerprint density at radius 3 is 2.47 bits per heavy atom. The van der Waals surface area contributed by atoms with E-state index in [9.17, 15) is 9.18 Å². The number of hydrogen-bond donors (Lipinski definition) is 2. The Morgan fingerprint density at radius 1 is 1.21 bits per heavy atom. The highest BCUT2D eigenvalue weighted by atomic mass is 19.1. The van der Waals surface area contributed by atoms with E-state index in [1.807, 2.05) is 0 Å². The van der Waals surface area contributed by atoms with Crippen LogP contribution < -0.4 is 10.6 Å². The lowest BCUT2D eigenvalue weighted by Crippen LogP contribution is -2.35. The molecule has 0 aliphatic rings. The molecule has 0 aromatic heterocycles. The van der Waals surface area contributed by atoms with Gasteiger partial charge in [0.25, 0.3) is 0 Å². The smallest absolute Gasteiger partial charge is 0.216 e. The van der Waals surface area contributed by atoms with Crippen molar-refractivity contribution in [3.05, 3.63) is 0 Å². The maximum absolute atomic E-state index is 13.5. The molecule has 5 nitrogen and oxygen atoms in total. The molecule has 0 fully saturated rings. The van der Waals surface area contributed by atoms with Gasteiger partial charge in [-0.25, -0.2) is 4.39 Å². The van der Waals surface area contributed by atoms with Crippen molar-refractivity contribution in [1.29, 1.82) is 0 Å². The molecule has 6 heteroatoms. The van der Waals surface area contributed by atoms with Gasteiger partial charge in [0.2, 0.25) is 5.91 Å². The van der Waals surface area contributed by atoms with Crippen LogP contribution in [0.3, 0.4) is 0 Å². The third kappa shape index (κ3) is 12.1. The van der Waals surface area contributed by atoms with Crippen LogP contribution in [0.15, 0.2) is 0 Å². The van der Waals surface area contributed by atoms with Crippen molar-refractivity contribution >= 4 is 5.91 Å². The highest BCUT2D eigenvalue weighted by molar-refractivity contribution is 5.72. The summed E-state index contributed by atoms with van der Waals surface area (Å²) in [5.74, 6) is -0.240. The largest absolute Gasteiger partial charge is 0.378 e. The average molecular weight is 278 g/mol. The molecule has 0 heterocycles. The van der Waals surface area contributed by atoms with Crippen molar-refractivity contribution in [2.45, 2.75) is 46.0 Å². The van der Waals surface area contributed by atoms with E-state index >= 15 is 0 Å². The van der Waals surface area contributed by atoms with Gasteiger partial charge in [-0.15, -0.1) is 0 Å². The Morgan fingerprint density at radius 2 is 1.89 bits per heavy atom. The Kier molecular flexibility index (Phi) is 10.7. The molecular formula is C13H27FN2O3. The van der Waals surface area contributed by atoms with Crippen molar-refractivity contribution in [3.63, 3.8) is 0 Å². The molecule has 114 valence electrons. The summed E-state index contributed by atoms with van der Waals surface area (Å²) < 4.78 is 24.1. The molecule has 19 heavy (non-hydrogen) atoms. The summed E-state index contributed by atoms with van der Waals surface area (Å²) in [6.45, 7) is 9.32. The van der Waals surface area contributed by atoms with E-state index in [1.54, 1.807) is 6.92 Å². The number of hydrogen-bond acceptors (Lipinski definition) is 4. The molecule has 0 bridgehead atoms. The molecule has 1 amide bonds.